The Morgan fingerprint density at radius 2 is 2.00 bits per heavy atom. The second kappa shape index (κ2) is 4.43. The first-order chi connectivity index (χ1) is 9.65. The van der Waals surface area contributed by atoms with Gasteiger partial charge in [0.25, 0.3) is 5.69 Å². The molecule has 2 bridgehead atoms. The van der Waals surface area contributed by atoms with E-state index >= 15 is 0 Å². The Hall–Kier alpha value is -1.13. The molecule has 1 aromatic rings. The summed E-state index contributed by atoms with van der Waals surface area (Å²) in [5, 5.41) is 15.0. The van der Waals surface area contributed by atoms with Crippen LogP contribution in [0.5, 0.6) is 0 Å². The van der Waals surface area contributed by atoms with Crippen molar-refractivity contribution in [2.45, 2.75) is 31.8 Å². The summed E-state index contributed by atoms with van der Waals surface area (Å²) in [6.45, 7) is 0.574. The highest BCUT2D eigenvalue weighted by molar-refractivity contribution is 6.30. The largest absolute Gasteiger partial charge is 0.309 e. The molecule has 106 valence electrons. The molecule has 1 N–H and O–H groups in total. The molecule has 5 heteroatoms. The summed E-state index contributed by atoms with van der Waals surface area (Å²) in [6, 6.07) is 5.52. The van der Waals surface area contributed by atoms with Gasteiger partial charge in [-0.25, -0.2) is 0 Å². The molecule has 4 atom stereocenters. The summed E-state index contributed by atoms with van der Waals surface area (Å²) in [7, 11) is 0. The zero-order chi connectivity index (χ0) is 13.9. The zero-order valence-corrected chi connectivity index (χ0v) is 11.8. The molecule has 0 aromatic heterocycles. The van der Waals surface area contributed by atoms with Crippen molar-refractivity contribution in [3.8, 4) is 0 Å². The molecule has 4 rings (SSSR count). The van der Waals surface area contributed by atoms with Gasteiger partial charge < -0.3 is 5.32 Å². The SMILES string of the molecule is O=[N+]([O-])c1cc(Cl)ccc1CNC1C2C3CCC(C3)C12. The molecule has 3 aliphatic carbocycles. The molecule has 0 amide bonds. The summed E-state index contributed by atoms with van der Waals surface area (Å²) in [5.41, 5.74) is 0.857. The van der Waals surface area contributed by atoms with E-state index in [2.05, 4.69) is 5.32 Å². The van der Waals surface area contributed by atoms with E-state index in [1.807, 2.05) is 0 Å². The highest BCUT2D eigenvalue weighted by Gasteiger charge is 2.64. The van der Waals surface area contributed by atoms with Gasteiger partial charge in [0.15, 0.2) is 0 Å². The molecule has 3 fully saturated rings. The summed E-state index contributed by atoms with van der Waals surface area (Å²) < 4.78 is 0. The molecule has 4 nitrogen and oxygen atoms in total. The van der Waals surface area contributed by atoms with Crippen LogP contribution in [0.15, 0.2) is 18.2 Å². The number of rotatable bonds is 4. The Morgan fingerprint density at radius 1 is 1.30 bits per heavy atom. The minimum absolute atomic E-state index is 0.124. The fourth-order valence-corrected chi connectivity index (χ4v) is 4.85. The minimum atomic E-state index is -0.347. The third-order valence-electron chi connectivity index (χ3n) is 5.51. The van der Waals surface area contributed by atoms with Gasteiger partial charge in [-0.05, 0) is 55.1 Å². The van der Waals surface area contributed by atoms with E-state index in [4.69, 9.17) is 11.6 Å². The number of nitrogens with zero attached hydrogens (tertiary/aromatic N) is 1. The summed E-state index contributed by atoms with van der Waals surface area (Å²) in [5.74, 6) is 3.53. The Kier molecular flexibility index (Phi) is 2.79. The summed E-state index contributed by atoms with van der Waals surface area (Å²) >= 11 is 5.84. The predicted molar refractivity (Wildman–Crippen MR) is 76.5 cm³/mol. The molecule has 20 heavy (non-hydrogen) atoms. The standard InChI is InChI=1S/C15H17ClN2O2/c16-11-4-3-10(12(6-11)18(19)20)7-17-15-13-8-1-2-9(5-8)14(13)15/h3-4,6,8-9,13-15,17H,1-2,5,7H2. The minimum Gasteiger partial charge on any atom is -0.309 e. The number of fused-ring (bicyclic) bond motifs is 5. The average molecular weight is 293 g/mol. The lowest BCUT2D eigenvalue weighted by Crippen LogP contribution is -2.22. The maximum Gasteiger partial charge on any atom is 0.275 e. The lowest BCUT2D eigenvalue weighted by atomic mass is 10.0. The first-order valence-electron chi connectivity index (χ1n) is 7.31. The number of hydrogen-bond donors (Lipinski definition) is 1. The van der Waals surface area contributed by atoms with Gasteiger partial charge >= 0.3 is 0 Å². The zero-order valence-electron chi connectivity index (χ0n) is 11.1. The van der Waals surface area contributed by atoms with E-state index in [9.17, 15) is 10.1 Å². The molecule has 0 aliphatic heterocycles. The third kappa shape index (κ3) is 1.85. The third-order valence-corrected chi connectivity index (χ3v) is 5.74. The van der Waals surface area contributed by atoms with Crippen molar-refractivity contribution >= 4 is 17.3 Å². The van der Waals surface area contributed by atoms with Gasteiger partial charge in [-0.15, -0.1) is 0 Å². The van der Waals surface area contributed by atoms with Crippen LogP contribution in [-0.2, 0) is 6.54 Å². The smallest absolute Gasteiger partial charge is 0.275 e. The van der Waals surface area contributed by atoms with Gasteiger partial charge in [-0.2, -0.15) is 0 Å². The summed E-state index contributed by atoms with van der Waals surface area (Å²) in [6.07, 6.45) is 4.21. The van der Waals surface area contributed by atoms with Crippen molar-refractivity contribution in [3.63, 3.8) is 0 Å². The molecular formula is C15H17ClN2O2. The van der Waals surface area contributed by atoms with E-state index < -0.39 is 0 Å². The quantitative estimate of drug-likeness (QED) is 0.684. The average Bonchev–Trinajstić information content (AvgIpc) is 2.81. The van der Waals surface area contributed by atoms with Gasteiger partial charge in [0, 0.05) is 29.2 Å². The van der Waals surface area contributed by atoms with E-state index in [1.54, 1.807) is 12.1 Å². The van der Waals surface area contributed by atoms with E-state index in [1.165, 1.54) is 25.3 Å². The molecule has 1 aromatic carbocycles. The van der Waals surface area contributed by atoms with Gasteiger partial charge in [0.05, 0.1) is 4.92 Å². The maximum atomic E-state index is 11.1. The molecule has 4 unspecified atom stereocenters. The fraction of sp³-hybridized carbons (Fsp3) is 0.600. The first kappa shape index (κ1) is 12.6. The first-order valence-corrected chi connectivity index (χ1v) is 7.69. The highest BCUT2D eigenvalue weighted by Crippen LogP contribution is 2.65. The highest BCUT2D eigenvalue weighted by atomic mass is 35.5. The van der Waals surface area contributed by atoms with Crippen molar-refractivity contribution in [1.29, 1.82) is 0 Å². The molecule has 3 aliphatic rings. The van der Waals surface area contributed by atoms with Crippen LogP contribution in [0.3, 0.4) is 0 Å². The molecule has 3 saturated carbocycles. The van der Waals surface area contributed by atoms with Gasteiger partial charge in [-0.1, -0.05) is 11.6 Å². The van der Waals surface area contributed by atoms with E-state index in [0.717, 1.165) is 29.2 Å². The van der Waals surface area contributed by atoms with Crippen molar-refractivity contribution < 1.29 is 4.92 Å². The maximum absolute atomic E-state index is 11.1. The van der Waals surface area contributed by atoms with Gasteiger partial charge in [0.1, 0.15) is 0 Å². The Balaban J connectivity index is 1.45. The van der Waals surface area contributed by atoms with Crippen LogP contribution in [0.2, 0.25) is 5.02 Å². The molecule has 0 saturated heterocycles. The normalized spacial score (nSPS) is 37.0. The van der Waals surface area contributed by atoms with Crippen molar-refractivity contribution in [1.82, 2.24) is 5.32 Å². The van der Waals surface area contributed by atoms with E-state index in [-0.39, 0.29) is 10.6 Å². The fourth-order valence-electron chi connectivity index (χ4n) is 4.68. The lowest BCUT2D eigenvalue weighted by molar-refractivity contribution is -0.385. The van der Waals surface area contributed by atoms with Crippen LogP contribution >= 0.6 is 11.6 Å². The monoisotopic (exact) mass is 292 g/mol. The van der Waals surface area contributed by atoms with Gasteiger partial charge in [-0.3, -0.25) is 10.1 Å². The second-order valence-corrected chi connectivity index (χ2v) is 6.86. The molecular weight excluding hydrogens is 276 g/mol. The number of nitro groups is 1. The van der Waals surface area contributed by atoms with Crippen LogP contribution in [-0.4, -0.2) is 11.0 Å². The van der Waals surface area contributed by atoms with Crippen LogP contribution in [0, 0.1) is 33.8 Å². The van der Waals surface area contributed by atoms with Crippen LogP contribution < -0.4 is 5.32 Å². The van der Waals surface area contributed by atoms with Crippen molar-refractivity contribution in [3.05, 3.63) is 38.9 Å². The number of hydrogen-bond acceptors (Lipinski definition) is 3. The molecule has 0 heterocycles. The van der Waals surface area contributed by atoms with E-state index in [0.29, 0.717) is 17.6 Å². The Morgan fingerprint density at radius 3 is 2.65 bits per heavy atom. The number of benzene rings is 1. The Labute approximate surface area is 122 Å². The lowest BCUT2D eigenvalue weighted by Gasteiger charge is -2.10. The predicted octanol–water partition coefficient (Wildman–Crippen LogP) is 3.38. The number of halogens is 1. The van der Waals surface area contributed by atoms with Crippen molar-refractivity contribution in [2.24, 2.45) is 23.7 Å². The summed E-state index contributed by atoms with van der Waals surface area (Å²) in [4.78, 5) is 10.7. The van der Waals surface area contributed by atoms with Gasteiger partial charge in [0.2, 0.25) is 0 Å². The molecule has 0 radical (unpaired) electrons. The Bertz CT molecular complexity index is 561. The van der Waals surface area contributed by atoms with Crippen LogP contribution in [0.25, 0.3) is 0 Å². The molecule has 0 spiro atoms. The number of nitrogens with one attached hydrogen (secondary N) is 1. The van der Waals surface area contributed by atoms with Crippen LogP contribution in [0.4, 0.5) is 5.69 Å². The topological polar surface area (TPSA) is 55.2 Å². The van der Waals surface area contributed by atoms with Crippen LogP contribution in [0.1, 0.15) is 24.8 Å². The second-order valence-electron chi connectivity index (χ2n) is 6.42. The van der Waals surface area contributed by atoms with Crippen molar-refractivity contribution in [2.75, 3.05) is 0 Å². The number of nitro benzene ring substituents is 1.